The molecule has 1 aromatic rings. The Morgan fingerprint density at radius 3 is 3.25 bits per heavy atom. The van der Waals surface area contributed by atoms with Gasteiger partial charge in [-0.3, -0.25) is 4.79 Å². The van der Waals surface area contributed by atoms with E-state index in [0.717, 1.165) is 6.20 Å². The molecule has 0 atom stereocenters. The van der Waals surface area contributed by atoms with Crippen LogP contribution >= 0.6 is 0 Å². The summed E-state index contributed by atoms with van der Waals surface area (Å²) in [6, 6.07) is 1.28. The number of ketones is 1. The van der Waals surface area contributed by atoms with Gasteiger partial charge in [0.2, 0.25) is 5.88 Å². The summed E-state index contributed by atoms with van der Waals surface area (Å²) in [6.07, 6.45) is 1.30. The van der Waals surface area contributed by atoms with E-state index in [1.54, 1.807) is 0 Å². The highest BCUT2D eigenvalue weighted by Gasteiger charge is 2.17. The number of fused-ring (bicyclic) bond motifs is 1. The molecule has 0 saturated heterocycles. The summed E-state index contributed by atoms with van der Waals surface area (Å²) in [5, 5.41) is 0. The van der Waals surface area contributed by atoms with Crippen LogP contribution < -0.4 is 4.74 Å². The van der Waals surface area contributed by atoms with Crippen molar-refractivity contribution >= 4 is 5.78 Å². The van der Waals surface area contributed by atoms with E-state index in [9.17, 15) is 9.18 Å². The van der Waals surface area contributed by atoms with Crippen molar-refractivity contribution in [2.24, 2.45) is 0 Å². The second kappa shape index (κ2) is 2.55. The lowest BCUT2D eigenvalue weighted by molar-refractivity contribution is -0.121. The average Bonchev–Trinajstić information content (AvgIpc) is 2.03. The first-order chi connectivity index (χ1) is 5.75. The number of aromatic nitrogens is 1. The lowest BCUT2D eigenvalue weighted by Gasteiger charge is -2.13. The van der Waals surface area contributed by atoms with Gasteiger partial charge in [0, 0.05) is 12.0 Å². The van der Waals surface area contributed by atoms with E-state index in [1.165, 1.54) is 6.07 Å². The Morgan fingerprint density at radius 1 is 1.58 bits per heavy atom. The topological polar surface area (TPSA) is 39.2 Å². The van der Waals surface area contributed by atoms with Gasteiger partial charge in [-0.2, -0.15) is 0 Å². The van der Waals surface area contributed by atoms with Crippen LogP contribution in [0.3, 0.4) is 0 Å². The molecule has 0 aliphatic carbocycles. The maximum atomic E-state index is 12.6. The van der Waals surface area contributed by atoms with Crippen molar-refractivity contribution in [3.8, 4) is 5.88 Å². The van der Waals surface area contributed by atoms with Crippen LogP contribution in [-0.4, -0.2) is 17.4 Å². The second-order valence-electron chi connectivity index (χ2n) is 2.62. The van der Waals surface area contributed by atoms with E-state index in [0.29, 0.717) is 11.4 Å². The molecule has 12 heavy (non-hydrogen) atoms. The first-order valence-electron chi connectivity index (χ1n) is 3.54. The summed E-state index contributed by atoms with van der Waals surface area (Å²) in [4.78, 5) is 14.6. The zero-order valence-electron chi connectivity index (χ0n) is 6.21. The molecular formula is C8H6FNO2. The largest absolute Gasteiger partial charge is 0.469 e. The Kier molecular flexibility index (Phi) is 1.53. The number of hydrogen-bond acceptors (Lipinski definition) is 3. The molecular weight excluding hydrogens is 161 g/mol. The number of halogens is 1. The number of pyridine rings is 1. The number of nitrogens with zero attached hydrogens (tertiary/aromatic N) is 1. The molecule has 2 heterocycles. The number of rotatable bonds is 0. The molecule has 0 spiro atoms. The van der Waals surface area contributed by atoms with Crippen molar-refractivity contribution in [2.45, 2.75) is 6.42 Å². The van der Waals surface area contributed by atoms with Crippen LogP contribution in [0.2, 0.25) is 0 Å². The molecule has 0 N–H and O–H groups in total. The van der Waals surface area contributed by atoms with Gasteiger partial charge in [0.15, 0.2) is 5.78 Å². The van der Waals surface area contributed by atoms with Gasteiger partial charge in [-0.25, -0.2) is 9.37 Å². The highest BCUT2D eigenvalue weighted by molar-refractivity contribution is 5.84. The van der Waals surface area contributed by atoms with E-state index >= 15 is 0 Å². The Morgan fingerprint density at radius 2 is 2.42 bits per heavy atom. The molecule has 0 unspecified atom stereocenters. The van der Waals surface area contributed by atoms with Gasteiger partial charge in [-0.1, -0.05) is 0 Å². The predicted octanol–water partition coefficient (Wildman–Crippen LogP) is 0.725. The molecule has 0 saturated carbocycles. The molecule has 0 amide bonds. The number of carbonyl (C=O) groups excluding carboxylic acids is 1. The summed E-state index contributed by atoms with van der Waals surface area (Å²) < 4.78 is 17.6. The van der Waals surface area contributed by atoms with E-state index in [4.69, 9.17) is 4.74 Å². The van der Waals surface area contributed by atoms with Crippen LogP contribution in [0.25, 0.3) is 0 Å². The smallest absolute Gasteiger partial charge is 0.217 e. The fourth-order valence-corrected chi connectivity index (χ4v) is 1.14. The van der Waals surface area contributed by atoms with E-state index in [-0.39, 0.29) is 18.8 Å². The van der Waals surface area contributed by atoms with Crippen LogP contribution in [0.5, 0.6) is 5.88 Å². The van der Waals surface area contributed by atoms with Crippen molar-refractivity contribution in [2.75, 3.05) is 6.61 Å². The van der Waals surface area contributed by atoms with E-state index < -0.39 is 5.82 Å². The number of Topliss-reactive ketones (excluding diaryl/α,β-unsaturated/α-hetero) is 1. The van der Waals surface area contributed by atoms with Gasteiger partial charge in [0.25, 0.3) is 0 Å². The standard InChI is InChI=1S/C8H6FNO2/c9-6-1-5-2-7(11)4-12-8(5)10-3-6/h1,3H,2,4H2. The van der Waals surface area contributed by atoms with Crippen molar-refractivity contribution < 1.29 is 13.9 Å². The van der Waals surface area contributed by atoms with Crippen LogP contribution in [0.1, 0.15) is 5.56 Å². The van der Waals surface area contributed by atoms with Gasteiger partial charge in [0.05, 0.1) is 6.20 Å². The van der Waals surface area contributed by atoms with Gasteiger partial charge in [-0.05, 0) is 6.07 Å². The third kappa shape index (κ3) is 1.15. The maximum absolute atomic E-state index is 12.6. The minimum atomic E-state index is -0.438. The summed E-state index contributed by atoms with van der Waals surface area (Å²) in [5.41, 5.74) is 0.534. The molecule has 0 bridgehead atoms. The molecule has 0 fully saturated rings. The van der Waals surface area contributed by atoms with Crippen molar-refractivity contribution in [1.29, 1.82) is 0 Å². The zero-order chi connectivity index (χ0) is 8.55. The van der Waals surface area contributed by atoms with Crippen LogP contribution in [0.4, 0.5) is 4.39 Å². The maximum Gasteiger partial charge on any atom is 0.217 e. The molecule has 2 rings (SSSR count). The number of ether oxygens (including phenoxy) is 1. The molecule has 62 valence electrons. The Hall–Kier alpha value is -1.45. The fraction of sp³-hybridized carbons (Fsp3) is 0.250. The molecule has 4 heteroatoms. The molecule has 1 aromatic heterocycles. The first kappa shape index (κ1) is 7.21. The van der Waals surface area contributed by atoms with Crippen LogP contribution in [-0.2, 0) is 11.2 Å². The third-order valence-corrected chi connectivity index (χ3v) is 1.65. The lowest BCUT2D eigenvalue weighted by atomic mass is 10.1. The Balaban J connectivity index is 2.44. The number of carbonyl (C=O) groups is 1. The minimum absolute atomic E-state index is 0.0464. The molecule has 1 aliphatic rings. The highest BCUT2D eigenvalue weighted by atomic mass is 19.1. The van der Waals surface area contributed by atoms with Gasteiger partial charge in [-0.15, -0.1) is 0 Å². The second-order valence-corrected chi connectivity index (χ2v) is 2.62. The Bertz CT molecular complexity index is 338. The minimum Gasteiger partial charge on any atom is -0.469 e. The summed E-state index contributed by atoms with van der Waals surface area (Å²) in [7, 11) is 0. The quantitative estimate of drug-likeness (QED) is 0.571. The summed E-state index contributed by atoms with van der Waals surface area (Å²) >= 11 is 0. The first-order valence-corrected chi connectivity index (χ1v) is 3.54. The zero-order valence-corrected chi connectivity index (χ0v) is 6.21. The molecule has 3 nitrogen and oxygen atoms in total. The van der Waals surface area contributed by atoms with Crippen molar-refractivity contribution in [3.05, 3.63) is 23.6 Å². The number of hydrogen-bond donors (Lipinski definition) is 0. The SMILES string of the molecule is O=C1COc2ncc(F)cc2C1. The average molecular weight is 167 g/mol. The normalized spacial score (nSPS) is 15.2. The van der Waals surface area contributed by atoms with Crippen molar-refractivity contribution in [1.82, 2.24) is 4.98 Å². The van der Waals surface area contributed by atoms with Crippen LogP contribution in [0.15, 0.2) is 12.3 Å². The molecule has 0 aromatic carbocycles. The summed E-state index contributed by atoms with van der Waals surface area (Å²) in [6.45, 7) is 0.0473. The van der Waals surface area contributed by atoms with Crippen LogP contribution in [0, 0.1) is 5.82 Å². The fourth-order valence-electron chi connectivity index (χ4n) is 1.14. The third-order valence-electron chi connectivity index (χ3n) is 1.65. The molecule has 0 radical (unpaired) electrons. The monoisotopic (exact) mass is 167 g/mol. The van der Waals surface area contributed by atoms with Crippen molar-refractivity contribution in [3.63, 3.8) is 0 Å². The predicted molar refractivity (Wildman–Crippen MR) is 38.4 cm³/mol. The van der Waals surface area contributed by atoms with E-state index in [2.05, 4.69) is 4.98 Å². The highest BCUT2D eigenvalue weighted by Crippen LogP contribution is 2.20. The lowest BCUT2D eigenvalue weighted by Crippen LogP contribution is -2.21. The van der Waals surface area contributed by atoms with Gasteiger partial charge < -0.3 is 4.74 Å². The summed E-state index contributed by atoms with van der Waals surface area (Å²) in [5.74, 6) is -0.113. The van der Waals surface area contributed by atoms with E-state index in [1.807, 2.05) is 0 Å². The molecule has 1 aliphatic heterocycles. The Labute approximate surface area is 68.2 Å². The van der Waals surface area contributed by atoms with Gasteiger partial charge in [0.1, 0.15) is 12.4 Å². The van der Waals surface area contributed by atoms with Gasteiger partial charge >= 0.3 is 0 Å².